The van der Waals surface area contributed by atoms with E-state index in [2.05, 4.69) is 4.98 Å². The zero-order valence-electron chi connectivity index (χ0n) is 5.99. The van der Waals surface area contributed by atoms with Gasteiger partial charge in [-0.2, -0.15) is 5.26 Å². The molecule has 0 spiro atoms. The van der Waals surface area contributed by atoms with Gasteiger partial charge in [0.1, 0.15) is 0 Å². The SMILES string of the molecule is CCC#N.c1ccncc1. The molecule has 0 fully saturated rings. The van der Waals surface area contributed by atoms with Crippen molar-refractivity contribution in [2.75, 3.05) is 0 Å². The third-order valence-corrected chi connectivity index (χ3v) is 0.725. The van der Waals surface area contributed by atoms with Crippen molar-refractivity contribution < 1.29 is 0 Å². The Labute approximate surface area is 61.1 Å². The molecular formula is C8H10N2. The Bertz CT molecular complexity index is 149. The van der Waals surface area contributed by atoms with Gasteiger partial charge >= 0.3 is 0 Å². The first-order valence-electron chi connectivity index (χ1n) is 3.13. The Morgan fingerprint density at radius 1 is 1.30 bits per heavy atom. The average Bonchev–Trinajstić information content (AvgIpc) is 2.08. The number of aromatic nitrogens is 1. The second kappa shape index (κ2) is 7.64. The first-order valence-corrected chi connectivity index (χ1v) is 3.13. The van der Waals surface area contributed by atoms with Crippen LogP contribution >= 0.6 is 0 Å². The lowest BCUT2D eigenvalue weighted by Crippen LogP contribution is -1.58. The highest BCUT2D eigenvalue weighted by Crippen LogP contribution is 1.73. The van der Waals surface area contributed by atoms with Crippen LogP contribution in [0.4, 0.5) is 0 Å². The maximum absolute atomic E-state index is 7.62. The van der Waals surface area contributed by atoms with E-state index in [-0.39, 0.29) is 0 Å². The van der Waals surface area contributed by atoms with E-state index in [0.717, 1.165) is 0 Å². The molecule has 1 rings (SSSR count). The molecule has 1 heterocycles. The Hall–Kier alpha value is -1.36. The molecule has 0 atom stereocenters. The van der Waals surface area contributed by atoms with Crippen LogP contribution in [0, 0.1) is 11.3 Å². The Morgan fingerprint density at radius 2 is 1.80 bits per heavy atom. The molecule has 0 aromatic carbocycles. The molecule has 52 valence electrons. The molecule has 10 heavy (non-hydrogen) atoms. The molecular weight excluding hydrogens is 124 g/mol. The van der Waals surface area contributed by atoms with Gasteiger partial charge in [0.05, 0.1) is 6.07 Å². The third-order valence-electron chi connectivity index (χ3n) is 0.725. The quantitative estimate of drug-likeness (QED) is 0.544. The summed E-state index contributed by atoms with van der Waals surface area (Å²) in [5.74, 6) is 0. The average molecular weight is 134 g/mol. The summed E-state index contributed by atoms with van der Waals surface area (Å²) in [4.78, 5) is 3.78. The van der Waals surface area contributed by atoms with Crippen molar-refractivity contribution in [3.05, 3.63) is 30.6 Å². The fourth-order valence-corrected chi connectivity index (χ4v) is 0.313. The van der Waals surface area contributed by atoms with Crippen molar-refractivity contribution >= 4 is 0 Å². The van der Waals surface area contributed by atoms with Crippen molar-refractivity contribution in [1.29, 1.82) is 5.26 Å². The topological polar surface area (TPSA) is 36.7 Å². The highest BCUT2D eigenvalue weighted by Gasteiger charge is 1.58. The van der Waals surface area contributed by atoms with Crippen LogP contribution < -0.4 is 0 Å². The van der Waals surface area contributed by atoms with Crippen LogP contribution in [0.1, 0.15) is 13.3 Å². The van der Waals surface area contributed by atoms with Crippen molar-refractivity contribution in [2.45, 2.75) is 13.3 Å². The van der Waals surface area contributed by atoms with Crippen LogP contribution in [0.25, 0.3) is 0 Å². The largest absolute Gasteiger partial charge is 0.265 e. The molecule has 0 aliphatic carbocycles. The number of nitrogens with zero attached hydrogens (tertiary/aromatic N) is 2. The first-order chi connectivity index (χ1) is 4.91. The summed E-state index contributed by atoms with van der Waals surface area (Å²) in [6.45, 7) is 1.82. The van der Waals surface area contributed by atoms with Gasteiger partial charge in [-0.1, -0.05) is 13.0 Å². The lowest BCUT2D eigenvalue weighted by Gasteiger charge is -1.70. The van der Waals surface area contributed by atoms with E-state index in [4.69, 9.17) is 5.26 Å². The maximum Gasteiger partial charge on any atom is 0.0618 e. The Balaban J connectivity index is 0.000000180. The molecule has 0 aliphatic heterocycles. The molecule has 0 amide bonds. The molecule has 1 aromatic rings. The fourth-order valence-electron chi connectivity index (χ4n) is 0.313. The van der Waals surface area contributed by atoms with Gasteiger partial charge in [0, 0.05) is 18.8 Å². The highest BCUT2D eigenvalue weighted by atomic mass is 14.6. The van der Waals surface area contributed by atoms with Gasteiger partial charge < -0.3 is 0 Å². The second-order valence-corrected chi connectivity index (χ2v) is 1.54. The van der Waals surface area contributed by atoms with Gasteiger partial charge in [-0.25, -0.2) is 0 Å². The van der Waals surface area contributed by atoms with Crippen molar-refractivity contribution in [1.82, 2.24) is 4.98 Å². The van der Waals surface area contributed by atoms with Crippen LogP contribution in [-0.4, -0.2) is 4.98 Å². The number of pyridine rings is 1. The standard InChI is InChI=1S/C5H5N.C3H5N/c1-2-4-6-5-3-1;1-2-3-4/h1-5H;2H2,1H3. The molecule has 0 unspecified atom stereocenters. The monoisotopic (exact) mass is 134 g/mol. The number of hydrogen-bond acceptors (Lipinski definition) is 2. The van der Waals surface area contributed by atoms with Crippen LogP contribution in [0.3, 0.4) is 0 Å². The maximum atomic E-state index is 7.62. The summed E-state index contributed by atoms with van der Waals surface area (Å²) >= 11 is 0. The Morgan fingerprint density at radius 3 is 1.90 bits per heavy atom. The van der Waals surface area contributed by atoms with E-state index in [1.54, 1.807) is 12.4 Å². The summed E-state index contributed by atoms with van der Waals surface area (Å²) in [6.07, 6.45) is 4.12. The minimum atomic E-state index is 0.625. The number of hydrogen-bond donors (Lipinski definition) is 0. The molecule has 2 heteroatoms. The van der Waals surface area contributed by atoms with E-state index < -0.39 is 0 Å². The van der Waals surface area contributed by atoms with Crippen LogP contribution in [0.2, 0.25) is 0 Å². The van der Waals surface area contributed by atoms with Gasteiger partial charge in [0.25, 0.3) is 0 Å². The van der Waals surface area contributed by atoms with Gasteiger partial charge in [-0.05, 0) is 12.1 Å². The minimum Gasteiger partial charge on any atom is -0.265 e. The van der Waals surface area contributed by atoms with Crippen molar-refractivity contribution in [3.63, 3.8) is 0 Å². The third kappa shape index (κ3) is 6.64. The van der Waals surface area contributed by atoms with Crippen LogP contribution in [0.15, 0.2) is 30.6 Å². The van der Waals surface area contributed by atoms with Crippen LogP contribution in [-0.2, 0) is 0 Å². The first kappa shape index (κ1) is 8.64. The zero-order chi connectivity index (χ0) is 7.66. The summed E-state index contributed by atoms with van der Waals surface area (Å²) in [5, 5.41) is 7.62. The normalized spacial score (nSPS) is 6.80. The predicted octanol–water partition coefficient (Wildman–Crippen LogP) is 2.00. The highest BCUT2D eigenvalue weighted by molar-refractivity contribution is 4.88. The zero-order valence-corrected chi connectivity index (χ0v) is 5.99. The molecule has 2 nitrogen and oxygen atoms in total. The summed E-state index contributed by atoms with van der Waals surface area (Å²) in [5.41, 5.74) is 0. The van der Waals surface area contributed by atoms with Gasteiger partial charge in [0.15, 0.2) is 0 Å². The predicted molar refractivity (Wildman–Crippen MR) is 40.1 cm³/mol. The van der Waals surface area contributed by atoms with E-state index >= 15 is 0 Å². The number of rotatable bonds is 0. The molecule has 0 saturated heterocycles. The summed E-state index contributed by atoms with van der Waals surface area (Å²) < 4.78 is 0. The van der Waals surface area contributed by atoms with E-state index in [0.29, 0.717) is 6.42 Å². The molecule has 0 bridgehead atoms. The van der Waals surface area contributed by atoms with Crippen molar-refractivity contribution in [2.24, 2.45) is 0 Å². The molecule has 0 saturated carbocycles. The van der Waals surface area contributed by atoms with Crippen LogP contribution in [0.5, 0.6) is 0 Å². The van der Waals surface area contributed by atoms with Gasteiger partial charge in [-0.3, -0.25) is 4.98 Å². The van der Waals surface area contributed by atoms with E-state index in [1.165, 1.54) is 0 Å². The van der Waals surface area contributed by atoms with E-state index in [9.17, 15) is 0 Å². The molecule has 0 radical (unpaired) electrons. The molecule has 1 aromatic heterocycles. The second-order valence-electron chi connectivity index (χ2n) is 1.54. The minimum absolute atomic E-state index is 0.625. The van der Waals surface area contributed by atoms with Gasteiger partial charge in [-0.15, -0.1) is 0 Å². The smallest absolute Gasteiger partial charge is 0.0618 e. The molecule has 0 aliphatic rings. The van der Waals surface area contributed by atoms with E-state index in [1.807, 2.05) is 31.2 Å². The lowest BCUT2D eigenvalue weighted by atomic mass is 10.5. The van der Waals surface area contributed by atoms with Gasteiger partial charge in [0.2, 0.25) is 0 Å². The number of nitriles is 1. The lowest BCUT2D eigenvalue weighted by molar-refractivity contribution is 1.22. The fraction of sp³-hybridized carbons (Fsp3) is 0.250. The van der Waals surface area contributed by atoms with Crippen molar-refractivity contribution in [3.8, 4) is 6.07 Å². The Kier molecular flexibility index (Phi) is 6.60. The summed E-state index contributed by atoms with van der Waals surface area (Å²) in [7, 11) is 0. The molecule has 0 N–H and O–H groups in total. The summed E-state index contributed by atoms with van der Waals surface area (Å²) in [6, 6.07) is 7.65.